The third kappa shape index (κ3) is 4.48. The summed E-state index contributed by atoms with van der Waals surface area (Å²) in [6, 6.07) is 15.1. The summed E-state index contributed by atoms with van der Waals surface area (Å²) < 4.78 is 26.8. The molecule has 2 aromatic rings. The molecule has 0 saturated carbocycles. The van der Waals surface area contributed by atoms with Crippen LogP contribution in [0.15, 0.2) is 71.1 Å². The zero-order chi connectivity index (χ0) is 18.4. The molecule has 6 heteroatoms. The van der Waals surface area contributed by atoms with Crippen LogP contribution in [0.1, 0.15) is 20.3 Å². The predicted octanol–water partition coefficient (Wildman–Crippen LogP) is 3.81. The van der Waals surface area contributed by atoms with E-state index in [-0.39, 0.29) is 10.8 Å². The number of rotatable bonds is 6. The molecule has 0 unspecified atom stereocenters. The Morgan fingerprint density at radius 3 is 2.44 bits per heavy atom. The highest BCUT2D eigenvalue weighted by molar-refractivity contribution is 7.92. The molecular weight excluding hydrogens is 336 g/mol. The minimum absolute atomic E-state index is 0.119. The molecule has 0 atom stereocenters. The second-order valence-corrected chi connectivity index (χ2v) is 7.55. The predicted molar refractivity (Wildman–Crippen MR) is 101 cm³/mol. The van der Waals surface area contributed by atoms with Gasteiger partial charge in [-0.2, -0.15) is 0 Å². The Morgan fingerprint density at radius 2 is 1.80 bits per heavy atom. The smallest absolute Gasteiger partial charge is 0.264 e. The minimum atomic E-state index is -3.71. The molecule has 0 saturated heterocycles. The normalized spacial score (nSPS) is 11.9. The maximum absolute atomic E-state index is 12.8. The number of hydrogen-bond donors (Lipinski definition) is 1. The number of allylic oxidation sites excluding steroid dienone is 1. The summed E-state index contributed by atoms with van der Waals surface area (Å²) in [4.78, 5) is 12.2. The number of anilines is 2. The van der Waals surface area contributed by atoms with Crippen LogP contribution in [0.25, 0.3) is 0 Å². The van der Waals surface area contributed by atoms with Crippen LogP contribution in [-0.2, 0) is 14.8 Å². The van der Waals surface area contributed by atoms with E-state index in [4.69, 9.17) is 0 Å². The summed E-state index contributed by atoms with van der Waals surface area (Å²) >= 11 is 0. The van der Waals surface area contributed by atoms with E-state index in [1.165, 1.54) is 23.5 Å². The molecule has 0 radical (unpaired) electrons. The van der Waals surface area contributed by atoms with Crippen LogP contribution < -0.4 is 9.62 Å². The third-order valence-electron chi connectivity index (χ3n) is 3.74. The van der Waals surface area contributed by atoms with Gasteiger partial charge < -0.3 is 5.32 Å². The standard InChI is InChI=1S/C19H22N2O3S/c1-4-9-15(2)19(22)20-16-10-8-13-18(14-16)25(23,24)21(3)17-11-6-5-7-12-17/h5-14H,4H2,1-3H3,(H,20,22)/b15-9-. The van der Waals surface area contributed by atoms with Gasteiger partial charge in [-0.05, 0) is 43.7 Å². The van der Waals surface area contributed by atoms with Crippen LogP contribution in [0.5, 0.6) is 0 Å². The largest absolute Gasteiger partial charge is 0.322 e. The summed E-state index contributed by atoms with van der Waals surface area (Å²) in [5.74, 6) is -0.243. The van der Waals surface area contributed by atoms with Crippen molar-refractivity contribution >= 4 is 27.3 Å². The monoisotopic (exact) mass is 358 g/mol. The zero-order valence-corrected chi connectivity index (χ0v) is 15.4. The maximum Gasteiger partial charge on any atom is 0.264 e. The molecule has 0 heterocycles. The van der Waals surface area contributed by atoms with Crippen molar-refractivity contribution in [1.29, 1.82) is 0 Å². The topological polar surface area (TPSA) is 66.5 Å². The number of amides is 1. The van der Waals surface area contributed by atoms with Gasteiger partial charge in [-0.25, -0.2) is 8.42 Å². The highest BCUT2D eigenvalue weighted by Crippen LogP contribution is 2.23. The van der Waals surface area contributed by atoms with Crippen molar-refractivity contribution in [3.63, 3.8) is 0 Å². The number of nitrogens with zero attached hydrogens (tertiary/aromatic N) is 1. The van der Waals surface area contributed by atoms with Crippen LogP contribution in [0.2, 0.25) is 0 Å². The van der Waals surface area contributed by atoms with E-state index >= 15 is 0 Å². The van der Waals surface area contributed by atoms with Crippen molar-refractivity contribution in [2.45, 2.75) is 25.2 Å². The molecule has 0 fully saturated rings. The van der Waals surface area contributed by atoms with Gasteiger partial charge in [-0.3, -0.25) is 9.10 Å². The number of carbonyl (C=O) groups excluding carboxylic acids is 1. The highest BCUT2D eigenvalue weighted by Gasteiger charge is 2.21. The molecule has 0 spiro atoms. The molecule has 132 valence electrons. The molecule has 1 N–H and O–H groups in total. The van der Waals surface area contributed by atoms with Crippen LogP contribution in [0, 0.1) is 0 Å². The van der Waals surface area contributed by atoms with Gasteiger partial charge in [0.25, 0.3) is 15.9 Å². The molecule has 0 aliphatic heterocycles. The Morgan fingerprint density at radius 1 is 1.12 bits per heavy atom. The van der Waals surface area contributed by atoms with E-state index in [2.05, 4.69) is 5.32 Å². The Kier molecular flexibility index (Phi) is 5.98. The lowest BCUT2D eigenvalue weighted by Crippen LogP contribution is -2.26. The second kappa shape index (κ2) is 7.98. The van der Waals surface area contributed by atoms with Crippen molar-refractivity contribution in [3.8, 4) is 0 Å². The van der Waals surface area contributed by atoms with Crippen molar-refractivity contribution in [3.05, 3.63) is 66.2 Å². The first-order valence-electron chi connectivity index (χ1n) is 7.98. The Bertz CT molecular complexity index is 875. The van der Waals surface area contributed by atoms with Gasteiger partial charge in [0.15, 0.2) is 0 Å². The van der Waals surface area contributed by atoms with Gasteiger partial charge in [0, 0.05) is 18.3 Å². The summed E-state index contributed by atoms with van der Waals surface area (Å²) in [5.41, 5.74) is 1.60. The first-order valence-corrected chi connectivity index (χ1v) is 9.42. The first kappa shape index (κ1) is 18.7. The maximum atomic E-state index is 12.8. The number of sulfonamides is 1. The molecule has 0 aromatic heterocycles. The van der Waals surface area contributed by atoms with Gasteiger partial charge in [0.05, 0.1) is 10.6 Å². The van der Waals surface area contributed by atoms with Gasteiger partial charge in [-0.15, -0.1) is 0 Å². The van der Waals surface area contributed by atoms with Crippen LogP contribution in [0.4, 0.5) is 11.4 Å². The van der Waals surface area contributed by atoms with Crippen LogP contribution >= 0.6 is 0 Å². The van der Waals surface area contributed by atoms with Gasteiger partial charge >= 0.3 is 0 Å². The molecule has 25 heavy (non-hydrogen) atoms. The summed E-state index contributed by atoms with van der Waals surface area (Å²) in [6.45, 7) is 3.67. The molecule has 0 aliphatic carbocycles. The second-order valence-electron chi connectivity index (χ2n) is 5.59. The summed E-state index contributed by atoms with van der Waals surface area (Å²) in [6.07, 6.45) is 2.58. The first-order chi connectivity index (χ1) is 11.9. The number of nitrogens with one attached hydrogen (secondary N) is 1. The van der Waals surface area contributed by atoms with E-state index in [1.807, 2.05) is 19.1 Å². The van der Waals surface area contributed by atoms with Crippen LogP contribution in [0.3, 0.4) is 0 Å². The number of benzene rings is 2. The van der Waals surface area contributed by atoms with E-state index in [0.29, 0.717) is 16.9 Å². The fourth-order valence-electron chi connectivity index (χ4n) is 2.30. The number of para-hydroxylation sites is 1. The molecule has 1 amide bonds. The molecule has 0 aliphatic rings. The fourth-order valence-corrected chi connectivity index (χ4v) is 3.54. The van der Waals surface area contributed by atoms with E-state index < -0.39 is 10.0 Å². The van der Waals surface area contributed by atoms with Crippen molar-refractivity contribution < 1.29 is 13.2 Å². The van der Waals surface area contributed by atoms with E-state index in [0.717, 1.165) is 6.42 Å². The quantitative estimate of drug-likeness (QED) is 0.799. The molecule has 2 rings (SSSR count). The third-order valence-corrected chi connectivity index (χ3v) is 5.52. The van der Waals surface area contributed by atoms with Crippen molar-refractivity contribution in [1.82, 2.24) is 0 Å². The Labute approximate surface area is 149 Å². The fraction of sp³-hybridized carbons (Fsp3) is 0.211. The van der Waals surface area contributed by atoms with Crippen LogP contribution in [-0.4, -0.2) is 21.4 Å². The summed E-state index contributed by atoms with van der Waals surface area (Å²) in [7, 11) is -2.21. The summed E-state index contributed by atoms with van der Waals surface area (Å²) in [5, 5.41) is 2.73. The van der Waals surface area contributed by atoms with Crippen molar-refractivity contribution in [2.24, 2.45) is 0 Å². The average molecular weight is 358 g/mol. The molecule has 2 aromatic carbocycles. The molecular formula is C19H22N2O3S. The lowest BCUT2D eigenvalue weighted by Gasteiger charge is -2.20. The van der Waals surface area contributed by atoms with E-state index in [9.17, 15) is 13.2 Å². The highest BCUT2D eigenvalue weighted by atomic mass is 32.2. The Hall–Kier alpha value is -2.60. The molecule has 5 nitrogen and oxygen atoms in total. The number of hydrogen-bond acceptors (Lipinski definition) is 3. The SMILES string of the molecule is CC/C=C(/C)C(=O)Nc1cccc(S(=O)(=O)N(C)c2ccccc2)c1. The van der Waals surface area contributed by atoms with Gasteiger partial charge in [0.2, 0.25) is 0 Å². The molecule has 0 bridgehead atoms. The average Bonchev–Trinajstić information content (AvgIpc) is 2.62. The minimum Gasteiger partial charge on any atom is -0.322 e. The lowest BCUT2D eigenvalue weighted by atomic mass is 10.2. The van der Waals surface area contributed by atoms with E-state index in [1.54, 1.807) is 43.3 Å². The lowest BCUT2D eigenvalue weighted by molar-refractivity contribution is -0.112. The number of carbonyl (C=O) groups is 1. The van der Waals surface area contributed by atoms with Crippen molar-refractivity contribution in [2.75, 3.05) is 16.7 Å². The van der Waals surface area contributed by atoms with Gasteiger partial charge in [-0.1, -0.05) is 37.3 Å². The zero-order valence-electron chi connectivity index (χ0n) is 14.6. The Balaban J connectivity index is 2.28. The van der Waals surface area contributed by atoms with Gasteiger partial charge in [0.1, 0.15) is 0 Å².